The molecule has 1 unspecified atom stereocenters. The van der Waals surface area contributed by atoms with Crippen LogP contribution in [0.15, 0.2) is 30.3 Å². The summed E-state index contributed by atoms with van der Waals surface area (Å²) in [5, 5.41) is 7.48. The summed E-state index contributed by atoms with van der Waals surface area (Å²) in [5.41, 5.74) is 0.201. The highest BCUT2D eigenvalue weighted by Crippen LogP contribution is 2.10. The summed E-state index contributed by atoms with van der Waals surface area (Å²) in [7, 11) is 0. The van der Waals surface area contributed by atoms with Crippen molar-refractivity contribution < 1.29 is 23.9 Å². The molecule has 3 N–H and O–H groups in total. The second-order valence-electron chi connectivity index (χ2n) is 7.73. The predicted octanol–water partition coefficient (Wildman–Crippen LogP) is 2.24. The van der Waals surface area contributed by atoms with Crippen LogP contribution in [0.4, 0.5) is 4.79 Å². The Morgan fingerprint density at radius 3 is 2.21 bits per heavy atom. The molecule has 160 valence electrons. The highest BCUT2D eigenvalue weighted by molar-refractivity contribution is 6.38. The van der Waals surface area contributed by atoms with Gasteiger partial charge in [0, 0.05) is 0 Å². The van der Waals surface area contributed by atoms with Crippen molar-refractivity contribution in [1.29, 1.82) is 0 Å². The lowest BCUT2D eigenvalue weighted by molar-refractivity contribution is -0.139. The molecule has 1 rings (SSSR count). The molecule has 0 saturated heterocycles. The number of Topliss-reactive ketones (excluding diaryl/α,β-unsaturated/α-hetero) is 1. The maximum absolute atomic E-state index is 12.4. The van der Waals surface area contributed by atoms with Gasteiger partial charge < -0.3 is 20.7 Å². The van der Waals surface area contributed by atoms with E-state index in [1.165, 1.54) is 0 Å². The summed E-state index contributed by atoms with van der Waals surface area (Å²) >= 11 is 0. The first-order valence-corrected chi connectivity index (χ1v) is 9.69. The summed E-state index contributed by atoms with van der Waals surface area (Å²) < 4.78 is 5.13. The molecule has 0 radical (unpaired) electrons. The number of ether oxygens (including phenoxy) is 1. The minimum Gasteiger partial charge on any atom is -0.444 e. The molecule has 1 aromatic carbocycles. The molecule has 3 amide bonds. The molecule has 0 saturated carbocycles. The Morgan fingerprint density at radius 2 is 1.66 bits per heavy atom. The Labute approximate surface area is 171 Å². The minimum absolute atomic E-state index is 0.238. The molecule has 0 aromatic heterocycles. The van der Waals surface area contributed by atoms with Crippen molar-refractivity contribution in [2.45, 2.75) is 65.1 Å². The van der Waals surface area contributed by atoms with Gasteiger partial charge in [-0.25, -0.2) is 4.79 Å². The first-order valence-electron chi connectivity index (χ1n) is 9.69. The highest BCUT2D eigenvalue weighted by atomic mass is 16.6. The molecule has 0 aliphatic rings. The molecule has 2 atom stereocenters. The van der Waals surface area contributed by atoms with E-state index in [0.717, 1.165) is 5.56 Å². The summed E-state index contributed by atoms with van der Waals surface area (Å²) in [6.45, 7) is 8.41. The molecule has 0 aliphatic carbocycles. The Kier molecular flexibility index (Phi) is 9.31. The van der Waals surface area contributed by atoms with Gasteiger partial charge in [0.15, 0.2) is 0 Å². The third-order valence-corrected chi connectivity index (χ3v) is 3.90. The van der Waals surface area contributed by atoms with Gasteiger partial charge in [-0.15, -0.1) is 0 Å². The normalized spacial score (nSPS) is 13.0. The van der Waals surface area contributed by atoms with Crippen LogP contribution in [0, 0.1) is 0 Å². The van der Waals surface area contributed by atoms with Crippen LogP contribution in [0.2, 0.25) is 0 Å². The first-order chi connectivity index (χ1) is 13.5. The number of benzene rings is 1. The maximum Gasteiger partial charge on any atom is 0.408 e. The monoisotopic (exact) mass is 405 g/mol. The van der Waals surface area contributed by atoms with Crippen molar-refractivity contribution >= 4 is 23.7 Å². The lowest BCUT2D eigenvalue weighted by Crippen LogP contribution is -2.50. The summed E-state index contributed by atoms with van der Waals surface area (Å²) in [6.07, 6.45) is 0.0867. The van der Waals surface area contributed by atoms with E-state index < -0.39 is 35.3 Å². The number of alkyl carbamates (subject to hydrolysis) is 1. The summed E-state index contributed by atoms with van der Waals surface area (Å²) in [6, 6.07) is 8.12. The van der Waals surface area contributed by atoms with Crippen LogP contribution in [0.5, 0.6) is 0 Å². The van der Waals surface area contributed by atoms with Crippen LogP contribution in [0.1, 0.15) is 59.1 Å². The second-order valence-corrected chi connectivity index (χ2v) is 7.73. The van der Waals surface area contributed by atoms with Gasteiger partial charge in [0.25, 0.3) is 5.91 Å². The molecule has 0 heterocycles. The Morgan fingerprint density at radius 1 is 1.03 bits per heavy atom. The number of nitrogens with one attached hydrogen (secondary N) is 3. The van der Waals surface area contributed by atoms with Crippen LogP contribution in [0.3, 0.4) is 0 Å². The van der Waals surface area contributed by atoms with Crippen molar-refractivity contribution in [3.8, 4) is 0 Å². The molecule has 29 heavy (non-hydrogen) atoms. The zero-order chi connectivity index (χ0) is 22.0. The number of amides is 3. The van der Waals surface area contributed by atoms with Crippen LogP contribution >= 0.6 is 0 Å². The van der Waals surface area contributed by atoms with Crippen molar-refractivity contribution in [2.75, 3.05) is 6.54 Å². The van der Waals surface area contributed by atoms with Crippen LogP contribution in [-0.2, 0) is 19.1 Å². The number of carbonyl (C=O) groups excluding carboxylic acids is 4. The second kappa shape index (κ2) is 11.2. The van der Waals surface area contributed by atoms with Gasteiger partial charge in [0.05, 0.1) is 12.6 Å². The highest BCUT2D eigenvalue weighted by Gasteiger charge is 2.28. The van der Waals surface area contributed by atoms with Gasteiger partial charge >= 0.3 is 6.09 Å². The fraction of sp³-hybridized carbons (Fsp3) is 0.524. The van der Waals surface area contributed by atoms with Gasteiger partial charge in [-0.3, -0.25) is 14.4 Å². The van der Waals surface area contributed by atoms with E-state index in [0.29, 0.717) is 6.42 Å². The van der Waals surface area contributed by atoms with Crippen molar-refractivity contribution in [1.82, 2.24) is 16.0 Å². The van der Waals surface area contributed by atoms with Crippen LogP contribution < -0.4 is 16.0 Å². The number of hydrogen-bond donors (Lipinski definition) is 3. The fourth-order valence-corrected chi connectivity index (χ4v) is 2.53. The number of rotatable bonds is 9. The zero-order valence-corrected chi connectivity index (χ0v) is 17.7. The minimum atomic E-state index is -1.01. The smallest absolute Gasteiger partial charge is 0.408 e. The predicted molar refractivity (Wildman–Crippen MR) is 109 cm³/mol. The molecule has 1 aromatic rings. The van der Waals surface area contributed by atoms with E-state index in [4.69, 9.17) is 4.74 Å². The molecule has 8 nitrogen and oxygen atoms in total. The van der Waals surface area contributed by atoms with E-state index in [9.17, 15) is 19.2 Å². The SMILES string of the molecule is CCCC(NC(=O)OC(C)(C)C)C(=O)C(=O)NCC(=O)N[C@H](C)c1ccccc1. The third kappa shape index (κ3) is 9.23. The van der Waals surface area contributed by atoms with Crippen molar-refractivity contribution in [3.63, 3.8) is 0 Å². The van der Waals surface area contributed by atoms with Crippen LogP contribution in [-0.4, -0.2) is 41.9 Å². The van der Waals surface area contributed by atoms with E-state index in [-0.39, 0.29) is 19.0 Å². The number of ketones is 1. The largest absolute Gasteiger partial charge is 0.444 e. The van der Waals surface area contributed by atoms with Crippen LogP contribution in [0.25, 0.3) is 0 Å². The molecular formula is C21H31N3O5. The van der Waals surface area contributed by atoms with Gasteiger partial charge in [-0.1, -0.05) is 43.7 Å². The summed E-state index contributed by atoms with van der Waals surface area (Å²) in [5.74, 6) is -2.17. The topological polar surface area (TPSA) is 114 Å². The molecule has 8 heteroatoms. The van der Waals surface area contributed by atoms with Crippen molar-refractivity contribution in [2.24, 2.45) is 0 Å². The van der Waals surface area contributed by atoms with E-state index in [1.54, 1.807) is 20.8 Å². The Bertz CT molecular complexity index is 713. The lowest BCUT2D eigenvalue weighted by Gasteiger charge is -2.22. The zero-order valence-electron chi connectivity index (χ0n) is 17.7. The van der Waals surface area contributed by atoms with Crippen molar-refractivity contribution in [3.05, 3.63) is 35.9 Å². The molecule has 0 fully saturated rings. The van der Waals surface area contributed by atoms with Gasteiger partial charge in [0.2, 0.25) is 11.7 Å². The average molecular weight is 405 g/mol. The van der Waals surface area contributed by atoms with E-state index >= 15 is 0 Å². The van der Waals surface area contributed by atoms with Gasteiger partial charge in [0.1, 0.15) is 11.6 Å². The standard InChI is InChI=1S/C21H31N3O5/c1-6-10-16(24-20(28)29-21(3,4)5)18(26)19(27)22-13-17(25)23-14(2)15-11-8-7-9-12-15/h7-9,11-12,14,16H,6,10,13H2,1-5H3,(H,22,27)(H,23,25)(H,24,28)/t14-,16?/m1/s1. The Hall–Kier alpha value is -2.90. The maximum atomic E-state index is 12.4. The van der Waals surface area contributed by atoms with E-state index in [1.807, 2.05) is 44.2 Å². The third-order valence-electron chi connectivity index (χ3n) is 3.90. The molecule has 0 bridgehead atoms. The fourth-order valence-electron chi connectivity index (χ4n) is 2.53. The average Bonchev–Trinajstić information content (AvgIpc) is 2.64. The summed E-state index contributed by atoms with van der Waals surface area (Å²) in [4.78, 5) is 48.5. The molecular weight excluding hydrogens is 374 g/mol. The van der Waals surface area contributed by atoms with Gasteiger partial charge in [-0.2, -0.15) is 0 Å². The lowest BCUT2D eigenvalue weighted by atomic mass is 10.1. The quantitative estimate of drug-likeness (QED) is 0.545. The van der Waals surface area contributed by atoms with Gasteiger partial charge in [-0.05, 0) is 39.7 Å². The number of carbonyl (C=O) groups is 4. The Balaban J connectivity index is 2.55. The molecule has 0 aliphatic heterocycles. The number of hydrogen-bond acceptors (Lipinski definition) is 5. The molecule has 0 spiro atoms. The van der Waals surface area contributed by atoms with E-state index in [2.05, 4.69) is 16.0 Å². The first kappa shape index (κ1) is 24.1.